The molecule has 7 nitrogen and oxygen atoms in total. The molecule has 1 N–H and O–H groups in total. The number of hydrogen-bond acceptors (Lipinski definition) is 5. The van der Waals surface area contributed by atoms with Crippen LogP contribution in [-0.4, -0.2) is 75.7 Å². The molecule has 28 heavy (non-hydrogen) atoms. The van der Waals surface area contributed by atoms with Crippen LogP contribution in [0.25, 0.3) is 0 Å². The van der Waals surface area contributed by atoms with Crippen molar-refractivity contribution >= 4 is 5.96 Å². The highest BCUT2D eigenvalue weighted by molar-refractivity contribution is 5.80. The quantitative estimate of drug-likeness (QED) is 0.386. The van der Waals surface area contributed by atoms with Gasteiger partial charge in [-0.1, -0.05) is 6.07 Å². The van der Waals surface area contributed by atoms with Gasteiger partial charge in [0.15, 0.2) is 12.6 Å². The molecule has 0 amide bonds. The molecule has 0 spiro atoms. The number of nitrogens with zero attached hydrogens (tertiary/aromatic N) is 3. The number of pyridine rings is 1. The summed E-state index contributed by atoms with van der Waals surface area (Å²) in [5.41, 5.74) is 0.534. The van der Waals surface area contributed by atoms with Crippen molar-refractivity contribution in [3.8, 4) is 5.88 Å². The lowest BCUT2D eigenvalue weighted by molar-refractivity contribution is -0.154. The maximum absolute atomic E-state index is 12.4. The summed E-state index contributed by atoms with van der Waals surface area (Å²) >= 11 is 0. The van der Waals surface area contributed by atoms with Gasteiger partial charge >= 0.3 is 6.18 Å². The minimum absolute atomic E-state index is 0.0337. The molecule has 0 saturated carbocycles. The highest BCUT2D eigenvalue weighted by Gasteiger charge is 2.29. The number of guanidine groups is 1. The van der Waals surface area contributed by atoms with Gasteiger partial charge in [0.2, 0.25) is 5.88 Å². The van der Waals surface area contributed by atoms with Gasteiger partial charge < -0.3 is 24.4 Å². The maximum atomic E-state index is 12.4. The number of methoxy groups -OCH3 is 1. The number of ether oxygens (including phenoxy) is 3. The Kier molecular flexibility index (Phi) is 8.78. The topological polar surface area (TPSA) is 68.2 Å². The second-order valence-electron chi connectivity index (χ2n) is 6.44. The van der Waals surface area contributed by atoms with Gasteiger partial charge in [-0.25, -0.2) is 4.98 Å². The van der Waals surface area contributed by atoms with E-state index in [1.54, 1.807) is 26.3 Å². The average Bonchev–Trinajstić information content (AvgIpc) is 3.13. The molecule has 1 aromatic rings. The Bertz CT molecular complexity index is 628. The molecular formula is C18H27F3N4O3. The summed E-state index contributed by atoms with van der Waals surface area (Å²) < 4.78 is 52.6. The summed E-state index contributed by atoms with van der Waals surface area (Å²) in [4.78, 5) is 10.3. The zero-order chi connectivity index (χ0) is 20.4. The van der Waals surface area contributed by atoms with Crippen molar-refractivity contribution in [2.24, 2.45) is 10.9 Å². The third kappa shape index (κ3) is 7.51. The van der Waals surface area contributed by atoms with Crippen LogP contribution in [0.4, 0.5) is 13.2 Å². The molecule has 10 heteroatoms. The van der Waals surface area contributed by atoms with Crippen molar-refractivity contribution in [3.05, 3.63) is 23.9 Å². The summed E-state index contributed by atoms with van der Waals surface area (Å²) in [7, 11) is 3.31. The third-order valence-electron chi connectivity index (χ3n) is 4.24. The van der Waals surface area contributed by atoms with Crippen molar-refractivity contribution in [2.75, 3.05) is 53.7 Å². The smallest absolute Gasteiger partial charge is 0.422 e. The third-order valence-corrected chi connectivity index (χ3v) is 4.24. The van der Waals surface area contributed by atoms with Gasteiger partial charge in [-0.05, 0) is 12.5 Å². The highest BCUT2D eigenvalue weighted by atomic mass is 19.4. The van der Waals surface area contributed by atoms with E-state index >= 15 is 0 Å². The zero-order valence-corrected chi connectivity index (χ0v) is 16.2. The van der Waals surface area contributed by atoms with E-state index in [4.69, 9.17) is 14.2 Å². The number of halogens is 3. The fourth-order valence-electron chi connectivity index (χ4n) is 2.90. The molecule has 2 heterocycles. The normalized spacial score (nSPS) is 17.8. The molecule has 1 unspecified atom stereocenters. The predicted octanol–water partition coefficient (Wildman–Crippen LogP) is 2.08. The molecule has 158 valence electrons. The van der Waals surface area contributed by atoms with Crippen LogP contribution in [0.2, 0.25) is 0 Å². The highest BCUT2D eigenvalue weighted by Crippen LogP contribution is 2.20. The average molecular weight is 404 g/mol. The van der Waals surface area contributed by atoms with Crippen LogP contribution in [-0.2, 0) is 16.0 Å². The molecule has 0 bridgehead atoms. The molecule has 0 aliphatic carbocycles. The van der Waals surface area contributed by atoms with Gasteiger partial charge in [-0.2, -0.15) is 13.2 Å². The van der Waals surface area contributed by atoms with E-state index in [1.165, 1.54) is 6.20 Å². The SMILES string of the molecule is CN=C(NCc1cccnc1OCC(F)(F)F)N1CCC(COCCOC)C1. The molecule has 0 aromatic carbocycles. The lowest BCUT2D eigenvalue weighted by Crippen LogP contribution is -2.40. The number of nitrogens with one attached hydrogen (secondary N) is 1. The minimum atomic E-state index is -4.41. The summed E-state index contributed by atoms with van der Waals surface area (Å²) in [5, 5.41) is 3.18. The largest absolute Gasteiger partial charge is 0.468 e. The van der Waals surface area contributed by atoms with Crippen LogP contribution in [0.15, 0.2) is 23.3 Å². The second-order valence-corrected chi connectivity index (χ2v) is 6.44. The molecule has 1 saturated heterocycles. The minimum Gasteiger partial charge on any atom is -0.468 e. The lowest BCUT2D eigenvalue weighted by atomic mass is 10.1. The first-order valence-corrected chi connectivity index (χ1v) is 9.08. The molecule has 1 atom stereocenters. The Morgan fingerprint density at radius 2 is 2.21 bits per heavy atom. The number of aliphatic imine (C=N–C) groups is 1. The van der Waals surface area contributed by atoms with Crippen molar-refractivity contribution in [1.29, 1.82) is 0 Å². The monoisotopic (exact) mass is 404 g/mol. The van der Waals surface area contributed by atoms with Gasteiger partial charge in [0, 0.05) is 51.5 Å². The summed E-state index contributed by atoms with van der Waals surface area (Å²) in [6, 6.07) is 3.33. The Morgan fingerprint density at radius 1 is 1.39 bits per heavy atom. The molecule has 2 rings (SSSR count). The van der Waals surface area contributed by atoms with Gasteiger partial charge in [0.25, 0.3) is 0 Å². The first-order chi connectivity index (χ1) is 13.4. The van der Waals surface area contributed by atoms with Crippen LogP contribution in [0, 0.1) is 5.92 Å². The van der Waals surface area contributed by atoms with E-state index in [0.717, 1.165) is 19.5 Å². The second kappa shape index (κ2) is 11.1. The number of alkyl halides is 3. The Hall–Kier alpha value is -2.07. The summed E-state index contributed by atoms with van der Waals surface area (Å²) in [6.45, 7) is 2.33. The Labute approximate surface area is 162 Å². The molecule has 1 fully saturated rings. The van der Waals surface area contributed by atoms with E-state index in [0.29, 0.717) is 37.3 Å². The van der Waals surface area contributed by atoms with Crippen molar-refractivity contribution < 1.29 is 27.4 Å². The van der Waals surface area contributed by atoms with Crippen molar-refractivity contribution in [2.45, 2.75) is 19.1 Å². The summed E-state index contributed by atoms with van der Waals surface area (Å²) in [5.74, 6) is 1.05. The molecule has 0 radical (unpaired) electrons. The molecular weight excluding hydrogens is 377 g/mol. The first-order valence-electron chi connectivity index (χ1n) is 9.08. The van der Waals surface area contributed by atoms with Crippen LogP contribution in [0.5, 0.6) is 5.88 Å². The Balaban J connectivity index is 1.84. The van der Waals surface area contributed by atoms with E-state index in [-0.39, 0.29) is 12.4 Å². The van der Waals surface area contributed by atoms with Crippen LogP contribution >= 0.6 is 0 Å². The van der Waals surface area contributed by atoms with Gasteiger partial charge in [-0.15, -0.1) is 0 Å². The first kappa shape index (κ1) is 22.2. The zero-order valence-electron chi connectivity index (χ0n) is 16.2. The Morgan fingerprint density at radius 3 is 2.93 bits per heavy atom. The predicted molar refractivity (Wildman–Crippen MR) is 98.4 cm³/mol. The lowest BCUT2D eigenvalue weighted by Gasteiger charge is -2.22. The number of hydrogen-bond donors (Lipinski definition) is 1. The van der Waals surface area contributed by atoms with Gasteiger partial charge in [0.05, 0.1) is 19.8 Å². The fraction of sp³-hybridized carbons (Fsp3) is 0.667. The maximum Gasteiger partial charge on any atom is 0.422 e. The van der Waals surface area contributed by atoms with Crippen molar-refractivity contribution in [1.82, 2.24) is 15.2 Å². The van der Waals surface area contributed by atoms with Crippen LogP contribution < -0.4 is 10.1 Å². The molecule has 1 aromatic heterocycles. The van der Waals surface area contributed by atoms with E-state index < -0.39 is 12.8 Å². The fourth-order valence-corrected chi connectivity index (χ4v) is 2.90. The molecule has 1 aliphatic rings. The van der Waals surface area contributed by atoms with Gasteiger partial charge in [-0.3, -0.25) is 4.99 Å². The van der Waals surface area contributed by atoms with Gasteiger partial charge in [0.1, 0.15) is 0 Å². The summed E-state index contributed by atoms with van der Waals surface area (Å²) in [6.07, 6.45) is -2.02. The van der Waals surface area contributed by atoms with Crippen LogP contribution in [0.1, 0.15) is 12.0 Å². The standard InChI is InChI=1S/C18H27F3N4O3/c1-22-17(25-7-5-14(11-25)12-27-9-8-26-2)24-10-15-4-3-6-23-16(15)28-13-18(19,20)21/h3-4,6,14H,5,7-13H2,1-2H3,(H,22,24). The van der Waals surface area contributed by atoms with Crippen molar-refractivity contribution in [3.63, 3.8) is 0 Å². The van der Waals surface area contributed by atoms with E-state index in [2.05, 4.69) is 20.2 Å². The van der Waals surface area contributed by atoms with Crippen LogP contribution in [0.3, 0.4) is 0 Å². The van der Waals surface area contributed by atoms with E-state index in [9.17, 15) is 13.2 Å². The van der Waals surface area contributed by atoms with E-state index in [1.807, 2.05) is 0 Å². The number of aromatic nitrogens is 1. The molecule has 1 aliphatic heterocycles. The number of rotatable bonds is 9. The number of likely N-dealkylation sites (tertiary alicyclic amines) is 1.